The number of anilines is 1. The number of nitrogens with one attached hydrogen (secondary N) is 1. The number of amides is 1. The second-order valence-corrected chi connectivity index (χ2v) is 4.33. The summed E-state index contributed by atoms with van der Waals surface area (Å²) in [6, 6.07) is 18.6. The lowest BCUT2D eigenvalue weighted by Crippen LogP contribution is -2.25. The highest BCUT2D eigenvalue weighted by Gasteiger charge is 2.10. The Balaban J connectivity index is 1.74. The summed E-state index contributed by atoms with van der Waals surface area (Å²) < 4.78 is 10.7. The van der Waals surface area contributed by atoms with Gasteiger partial charge in [0.2, 0.25) is 0 Å². The molecule has 0 spiro atoms. The fourth-order valence-corrected chi connectivity index (χ4v) is 1.62. The predicted molar refractivity (Wildman–Crippen MR) is 77.9 cm³/mol. The van der Waals surface area contributed by atoms with Gasteiger partial charge in [-0.15, -0.1) is 0 Å². The van der Waals surface area contributed by atoms with Crippen molar-refractivity contribution < 1.29 is 14.3 Å². The summed E-state index contributed by atoms with van der Waals surface area (Å²) in [7, 11) is 0. The van der Waals surface area contributed by atoms with Crippen molar-refractivity contribution in [3.05, 3.63) is 60.7 Å². The third-order valence-corrected chi connectivity index (χ3v) is 2.56. The molecule has 0 aliphatic carbocycles. The monoisotopic (exact) mass is 271 g/mol. The van der Waals surface area contributed by atoms with Crippen molar-refractivity contribution in [3.63, 3.8) is 0 Å². The summed E-state index contributed by atoms with van der Waals surface area (Å²) in [4.78, 5) is 11.6. The number of carbonyl (C=O) groups excluding carboxylic acids is 1. The van der Waals surface area contributed by atoms with E-state index in [1.807, 2.05) is 48.5 Å². The van der Waals surface area contributed by atoms with Crippen LogP contribution < -0.4 is 10.1 Å². The third kappa shape index (κ3) is 4.65. The van der Waals surface area contributed by atoms with E-state index in [2.05, 4.69) is 5.32 Å². The average molecular weight is 271 g/mol. The summed E-state index contributed by atoms with van der Waals surface area (Å²) in [5, 5.41) is 2.65. The summed E-state index contributed by atoms with van der Waals surface area (Å²) in [6.07, 6.45) is -0.820. The maximum atomic E-state index is 11.6. The van der Waals surface area contributed by atoms with Crippen molar-refractivity contribution in [1.82, 2.24) is 0 Å². The first kappa shape index (κ1) is 13.9. The Kier molecular flexibility index (Phi) is 5.00. The number of hydrogen-bond acceptors (Lipinski definition) is 3. The Morgan fingerprint density at radius 2 is 1.65 bits per heavy atom. The SMILES string of the molecule is C[C@H](COc1ccccc1)OC(=O)Nc1ccccc1. The Morgan fingerprint density at radius 3 is 2.30 bits per heavy atom. The van der Waals surface area contributed by atoms with Gasteiger partial charge in [-0.05, 0) is 31.2 Å². The second-order valence-electron chi connectivity index (χ2n) is 4.33. The lowest BCUT2D eigenvalue weighted by molar-refractivity contribution is 0.0856. The topological polar surface area (TPSA) is 47.6 Å². The van der Waals surface area contributed by atoms with E-state index in [-0.39, 0.29) is 6.10 Å². The normalized spacial score (nSPS) is 11.4. The fraction of sp³-hybridized carbons (Fsp3) is 0.188. The van der Waals surface area contributed by atoms with Crippen molar-refractivity contribution in [2.75, 3.05) is 11.9 Å². The first-order valence-corrected chi connectivity index (χ1v) is 6.44. The van der Waals surface area contributed by atoms with Crippen LogP contribution in [0.15, 0.2) is 60.7 Å². The van der Waals surface area contributed by atoms with Crippen LogP contribution in [0.2, 0.25) is 0 Å². The molecule has 1 N–H and O–H groups in total. The zero-order valence-corrected chi connectivity index (χ0v) is 11.3. The molecule has 0 aliphatic rings. The van der Waals surface area contributed by atoms with Gasteiger partial charge in [0.25, 0.3) is 0 Å². The van der Waals surface area contributed by atoms with Gasteiger partial charge in [0.15, 0.2) is 0 Å². The predicted octanol–water partition coefficient (Wildman–Crippen LogP) is 3.70. The van der Waals surface area contributed by atoms with Crippen LogP contribution in [0.1, 0.15) is 6.92 Å². The molecule has 4 heteroatoms. The van der Waals surface area contributed by atoms with Crippen LogP contribution in [0.3, 0.4) is 0 Å². The zero-order chi connectivity index (χ0) is 14.2. The summed E-state index contributed by atoms with van der Waals surface area (Å²) >= 11 is 0. The van der Waals surface area contributed by atoms with Gasteiger partial charge >= 0.3 is 6.09 Å². The first-order valence-electron chi connectivity index (χ1n) is 6.44. The van der Waals surface area contributed by atoms with Crippen molar-refractivity contribution in [2.45, 2.75) is 13.0 Å². The minimum Gasteiger partial charge on any atom is -0.490 e. The molecule has 4 nitrogen and oxygen atoms in total. The number of hydrogen-bond donors (Lipinski definition) is 1. The van der Waals surface area contributed by atoms with Gasteiger partial charge in [0, 0.05) is 5.69 Å². The van der Waals surface area contributed by atoms with Gasteiger partial charge in [-0.3, -0.25) is 5.32 Å². The lowest BCUT2D eigenvalue weighted by atomic mass is 10.3. The highest BCUT2D eigenvalue weighted by atomic mass is 16.6. The molecule has 2 rings (SSSR count). The van der Waals surface area contributed by atoms with E-state index in [4.69, 9.17) is 9.47 Å². The summed E-state index contributed by atoms with van der Waals surface area (Å²) in [5.74, 6) is 0.756. The smallest absolute Gasteiger partial charge is 0.412 e. The van der Waals surface area contributed by atoms with Gasteiger partial charge in [0.05, 0.1) is 0 Å². The van der Waals surface area contributed by atoms with Crippen molar-refractivity contribution in [2.24, 2.45) is 0 Å². The quantitative estimate of drug-likeness (QED) is 0.902. The molecule has 0 unspecified atom stereocenters. The highest BCUT2D eigenvalue weighted by molar-refractivity contribution is 5.84. The number of carbonyl (C=O) groups is 1. The Labute approximate surface area is 118 Å². The Morgan fingerprint density at radius 1 is 1.05 bits per heavy atom. The molecular formula is C16H17NO3. The number of rotatable bonds is 5. The minimum atomic E-state index is -0.486. The molecule has 0 aliphatic heterocycles. The first-order chi connectivity index (χ1) is 9.74. The summed E-state index contributed by atoms with van der Waals surface area (Å²) in [5.41, 5.74) is 0.702. The van der Waals surface area contributed by atoms with Crippen LogP contribution in [-0.2, 0) is 4.74 Å². The molecule has 0 saturated carbocycles. The van der Waals surface area contributed by atoms with Crippen molar-refractivity contribution in [3.8, 4) is 5.75 Å². The number of ether oxygens (including phenoxy) is 2. The van der Waals surface area contributed by atoms with Gasteiger partial charge in [-0.1, -0.05) is 36.4 Å². The minimum absolute atomic E-state index is 0.312. The highest BCUT2D eigenvalue weighted by Crippen LogP contribution is 2.10. The van der Waals surface area contributed by atoms with Gasteiger partial charge in [-0.2, -0.15) is 0 Å². The van der Waals surface area contributed by atoms with Crippen LogP contribution in [0.4, 0.5) is 10.5 Å². The molecule has 2 aromatic rings. The molecule has 0 fully saturated rings. The van der Waals surface area contributed by atoms with Gasteiger partial charge < -0.3 is 9.47 Å². The number of para-hydroxylation sites is 2. The molecule has 1 atom stereocenters. The van der Waals surface area contributed by atoms with E-state index < -0.39 is 6.09 Å². The molecule has 1 amide bonds. The molecule has 0 radical (unpaired) electrons. The van der Waals surface area contributed by atoms with Crippen LogP contribution in [0.5, 0.6) is 5.75 Å². The fourth-order valence-electron chi connectivity index (χ4n) is 1.62. The standard InChI is InChI=1S/C16H17NO3/c1-13(12-19-15-10-6-3-7-11-15)20-16(18)17-14-8-4-2-5-9-14/h2-11,13H,12H2,1H3,(H,17,18)/t13-/m1/s1. The molecule has 0 saturated heterocycles. The van der Waals surface area contributed by atoms with E-state index in [0.717, 1.165) is 5.75 Å². The molecule has 0 bridgehead atoms. The summed E-state index contributed by atoms with van der Waals surface area (Å²) in [6.45, 7) is 2.10. The van der Waals surface area contributed by atoms with E-state index in [1.165, 1.54) is 0 Å². The van der Waals surface area contributed by atoms with Crippen molar-refractivity contribution in [1.29, 1.82) is 0 Å². The zero-order valence-electron chi connectivity index (χ0n) is 11.3. The van der Waals surface area contributed by atoms with Crippen molar-refractivity contribution >= 4 is 11.8 Å². The Bertz CT molecular complexity index is 528. The third-order valence-electron chi connectivity index (χ3n) is 2.56. The van der Waals surface area contributed by atoms with Crippen LogP contribution in [0.25, 0.3) is 0 Å². The van der Waals surface area contributed by atoms with Gasteiger partial charge in [0.1, 0.15) is 18.5 Å². The lowest BCUT2D eigenvalue weighted by Gasteiger charge is -2.14. The molecule has 0 heterocycles. The number of benzene rings is 2. The maximum absolute atomic E-state index is 11.6. The average Bonchev–Trinajstić information content (AvgIpc) is 2.47. The van der Waals surface area contributed by atoms with Crippen LogP contribution >= 0.6 is 0 Å². The maximum Gasteiger partial charge on any atom is 0.412 e. The largest absolute Gasteiger partial charge is 0.490 e. The Hall–Kier alpha value is -2.49. The van der Waals surface area contributed by atoms with E-state index in [0.29, 0.717) is 12.3 Å². The molecule has 20 heavy (non-hydrogen) atoms. The molecule has 2 aromatic carbocycles. The molecule has 0 aromatic heterocycles. The van der Waals surface area contributed by atoms with Crippen LogP contribution in [-0.4, -0.2) is 18.8 Å². The second kappa shape index (κ2) is 7.19. The van der Waals surface area contributed by atoms with Gasteiger partial charge in [-0.25, -0.2) is 4.79 Å². The van der Waals surface area contributed by atoms with E-state index in [1.54, 1.807) is 19.1 Å². The van der Waals surface area contributed by atoms with E-state index >= 15 is 0 Å². The van der Waals surface area contributed by atoms with E-state index in [9.17, 15) is 4.79 Å². The molecule has 104 valence electrons. The van der Waals surface area contributed by atoms with Crippen LogP contribution in [0, 0.1) is 0 Å². The molecular weight excluding hydrogens is 254 g/mol.